The van der Waals surface area contributed by atoms with E-state index in [2.05, 4.69) is 25.5 Å². The topological polar surface area (TPSA) is 91.3 Å². The third-order valence-corrected chi connectivity index (χ3v) is 4.97. The molecule has 188 valence electrons. The summed E-state index contributed by atoms with van der Waals surface area (Å²) in [5, 5.41) is 6.19. The van der Waals surface area contributed by atoms with Crippen LogP contribution in [0.25, 0.3) is 0 Å². The number of anilines is 1. The summed E-state index contributed by atoms with van der Waals surface area (Å²) >= 11 is 0. The lowest BCUT2D eigenvalue weighted by atomic mass is 10.1. The number of carbonyl (C=O) groups is 1. The minimum Gasteiger partial charge on any atom is -0.444 e. The van der Waals surface area contributed by atoms with Crippen LogP contribution in [0.5, 0.6) is 0 Å². The monoisotopic (exact) mass is 576 g/mol. The first-order valence-corrected chi connectivity index (χ1v) is 11.4. The molecule has 9 nitrogen and oxygen atoms in total. The number of nitrogens with zero attached hydrogens (tertiary/aromatic N) is 4. The Balaban J connectivity index is 0.00000544. The van der Waals surface area contributed by atoms with Crippen LogP contribution in [-0.4, -0.2) is 81.0 Å². The minimum absolute atomic E-state index is 0. The van der Waals surface area contributed by atoms with Crippen molar-refractivity contribution >= 4 is 41.8 Å². The molecule has 0 radical (unpaired) electrons. The number of likely N-dealkylation sites (tertiary alicyclic amines) is 1. The summed E-state index contributed by atoms with van der Waals surface area (Å²) in [6.07, 6.45) is 2.53. The maximum Gasteiger partial charge on any atom is 0.407 e. The maximum atomic E-state index is 11.6. The van der Waals surface area contributed by atoms with E-state index < -0.39 is 5.60 Å². The van der Waals surface area contributed by atoms with E-state index in [1.807, 2.05) is 65.0 Å². The van der Waals surface area contributed by atoms with E-state index in [0.717, 1.165) is 49.8 Å². The molecule has 2 N–H and O–H groups in total. The summed E-state index contributed by atoms with van der Waals surface area (Å²) in [5.41, 5.74) is 0.507. The summed E-state index contributed by atoms with van der Waals surface area (Å²) < 4.78 is 11.2. The fourth-order valence-corrected chi connectivity index (χ4v) is 3.38. The highest BCUT2D eigenvalue weighted by Gasteiger charge is 2.22. The van der Waals surface area contributed by atoms with Crippen molar-refractivity contribution in [1.29, 1.82) is 0 Å². The molecular weight excluding hydrogens is 535 g/mol. The van der Waals surface area contributed by atoms with Crippen LogP contribution in [0, 0.1) is 0 Å². The van der Waals surface area contributed by atoms with Crippen LogP contribution in [0.1, 0.15) is 45.7 Å². The number of amides is 1. The van der Waals surface area contributed by atoms with Gasteiger partial charge in [-0.15, -0.1) is 24.0 Å². The highest BCUT2D eigenvalue weighted by molar-refractivity contribution is 14.0. The van der Waals surface area contributed by atoms with E-state index in [-0.39, 0.29) is 36.2 Å². The van der Waals surface area contributed by atoms with Gasteiger partial charge in [-0.3, -0.25) is 4.99 Å². The average molecular weight is 577 g/mol. The summed E-state index contributed by atoms with van der Waals surface area (Å²) in [7, 11) is 5.79. The molecule has 0 spiro atoms. The lowest BCUT2D eigenvalue weighted by molar-refractivity contribution is 0.0170. The molecule has 1 aliphatic heterocycles. The first-order chi connectivity index (χ1) is 15.2. The molecule has 2 heterocycles. The van der Waals surface area contributed by atoms with Gasteiger partial charge in [-0.2, -0.15) is 0 Å². The second-order valence-electron chi connectivity index (χ2n) is 9.12. The van der Waals surface area contributed by atoms with Gasteiger partial charge in [0.2, 0.25) is 0 Å². The van der Waals surface area contributed by atoms with Gasteiger partial charge in [-0.25, -0.2) is 9.78 Å². The van der Waals surface area contributed by atoms with Gasteiger partial charge < -0.3 is 29.9 Å². The Bertz CT molecular complexity index is 746. The molecule has 0 atom stereocenters. The third-order valence-electron chi connectivity index (χ3n) is 4.97. The van der Waals surface area contributed by atoms with Crippen LogP contribution in [0.3, 0.4) is 0 Å². The van der Waals surface area contributed by atoms with Gasteiger partial charge in [0.1, 0.15) is 11.4 Å². The number of carbonyl (C=O) groups excluding carboxylic acids is 1. The van der Waals surface area contributed by atoms with Crippen LogP contribution in [0.2, 0.25) is 0 Å². The van der Waals surface area contributed by atoms with Crippen molar-refractivity contribution in [2.24, 2.45) is 4.99 Å². The van der Waals surface area contributed by atoms with E-state index in [1.165, 1.54) is 0 Å². The van der Waals surface area contributed by atoms with E-state index in [4.69, 9.17) is 9.47 Å². The van der Waals surface area contributed by atoms with Crippen molar-refractivity contribution in [3.05, 3.63) is 23.9 Å². The third kappa shape index (κ3) is 11.2. The number of piperidine rings is 1. The first-order valence-electron chi connectivity index (χ1n) is 11.4. The second kappa shape index (κ2) is 14.4. The number of alkyl carbamates (subject to hydrolysis) is 1. The van der Waals surface area contributed by atoms with Gasteiger partial charge in [-0.05, 0) is 52.2 Å². The number of pyridine rings is 1. The summed E-state index contributed by atoms with van der Waals surface area (Å²) in [6.45, 7) is 9.16. The quantitative estimate of drug-likeness (QED) is 0.213. The van der Waals surface area contributed by atoms with Gasteiger partial charge in [0, 0.05) is 47.4 Å². The molecule has 0 aromatic carbocycles. The molecule has 2 rings (SSSR count). The van der Waals surface area contributed by atoms with Crippen molar-refractivity contribution in [3.63, 3.8) is 0 Å². The van der Waals surface area contributed by atoms with E-state index in [9.17, 15) is 4.79 Å². The number of halogens is 1. The average Bonchev–Trinajstić information content (AvgIpc) is 2.74. The van der Waals surface area contributed by atoms with Crippen LogP contribution in [-0.2, 0) is 16.0 Å². The van der Waals surface area contributed by atoms with E-state index in [0.29, 0.717) is 19.7 Å². The molecule has 0 saturated carbocycles. The number of nitrogens with one attached hydrogen (secondary N) is 2. The molecule has 1 amide bonds. The van der Waals surface area contributed by atoms with Crippen molar-refractivity contribution in [2.75, 3.05) is 52.3 Å². The molecule has 0 aliphatic carbocycles. The molecule has 10 heteroatoms. The summed E-state index contributed by atoms with van der Waals surface area (Å²) in [5.74, 6) is 1.83. The van der Waals surface area contributed by atoms with Crippen molar-refractivity contribution in [2.45, 2.75) is 58.3 Å². The predicted molar refractivity (Wildman–Crippen MR) is 144 cm³/mol. The number of hydrogen-bond donors (Lipinski definition) is 2. The SMILES string of the molecule is CN=C(NCc1cccc(N(C)C)n1)N1CCC(OCCCNC(=O)OC(C)(C)C)CC1.I. The normalized spacial score (nSPS) is 15.0. The zero-order valence-electron chi connectivity index (χ0n) is 20.9. The fraction of sp³-hybridized carbons (Fsp3) is 0.696. The van der Waals surface area contributed by atoms with Gasteiger partial charge in [0.15, 0.2) is 5.96 Å². The number of guanidine groups is 1. The van der Waals surface area contributed by atoms with Crippen molar-refractivity contribution in [3.8, 4) is 0 Å². The van der Waals surface area contributed by atoms with Crippen LogP contribution in [0.4, 0.5) is 10.6 Å². The fourth-order valence-electron chi connectivity index (χ4n) is 3.38. The molecule has 1 fully saturated rings. The minimum atomic E-state index is -0.475. The Morgan fingerprint density at radius 2 is 1.94 bits per heavy atom. The zero-order valence-corrected chi connectivity index (χ0v) is 23.2. The second-order valence-corrected chi connectivity index (χ2v) is 9.12. The zero-order chi connectivity index (χ0) is 23.6. The Hall–Kier alpha value is -1.82. The standard InChI is InChI=1S/C23H40N6O3.HI/c1-23(2,3)32-22(30)25-13-8-16-31-19-11-14-29(15-12-19)21(24-4)26-17-18-9-7-10-20(27-18)28(5)6;/h7,9-10,19H,8,11-17H2,1-6H3,(H,24,26)(H,25,30);1H. The molecule has 33 heavy (non-hydrogen) atoms. The summed E-state index contributed by atoms with van der Waals surface area (Å²) in [4.78, 5) is 25.0. The molecule has 1 saturated heterocycles. The molecule has 0 unspecified atom stereocenters. The van der Waals surface area contributed by atoms with E-state index in [1.54, 1.807) is 0 Å². The number of ether oxygens (including phenoxy) is 2. The number of aliphatic imine (C=N–C) groups is 1. The van der Waals surface area contributed by atoms with E-state index >= 15 is 0 Å². The Labute approximate surface area is 215 Å². The number of aromatic nitrogens is 1. The molecule has 0 bridgehead atoms. The summed E-state index contributed by atoms with van der Waals surface area (Å²) in [6, 6.07) is 6.04. The van der Waals surface area contributed by atoms with Crippen molar-refractivity contribution < 1.29 is 14.3 Å². The van der Waals surface area contributed by atoms with Gasteiger partial charge >= 0.3 is 6.09 Å². The van der Waals surface area contributed by atoms with Crippen LogP contribution >= 0.6 is 24.0 Å². The Morgan fingerprint density at radius 3 is 2.55 bits per heavy atom. The highest BCUT2D eigenvalue weighted by atomic mass is 127. The molecule has 1 aromatic heterocycles. The highest BCUT2D eigenvalue weighted by Crippen LogP contribution is 2.15. The number of rotatable bonds is 8. The molecule has 1 aliphatic rings. The lowest BCUT2D eigenvalue weighted by Crippen LogP contribution is -2.46. The first kappa shape index (κ1) is 29.2. The largest absolute Gasteiger partial charge is 0.444 e. The number of hydrogen-bond acceptors (Lipinski definition) is 6. The molecular formula is C23H41IN6O3. The van der Waals surface area contributed by atoms with Crippen LogP contribution < -0.4 is 15.5 Å². The van der Waals surface area contributed by atoms with Gasteiger partial charge in [0.05, 0.1) is 18.3 Å². The Morgan fingerprint density at radius 1 is 1.24 bits per heavy atom. The van der Waals surface area contributed by atoms with Gasteiger partial charge in [-0.1, -0.05) is 6.07 Å². The van der Waals surface area contributed by atoms with Crippen molar-refractivity contribution in [1.82, 2.24) is 20.5 Å². The Kier molecular flexibility index (Phi) is 12.8. The molecule has 1 aromatic rings. The lowest BCUT2D eigenvalue weighted by Gasteiger charge is -2.34. The maximum absolute atomic E-state index is 11.6. The van der Waals surface area contributed by atoms with Gasteiger partial charge in [0.25, 0.3) is 0 Å². The predicted octanol–water partition coefficient (Wildman–Crippen LogP) is 3.24. The van der Waals surface area contributed by atoms with Crippen LogP contribution in [0.15, 0.2) is 23.2 Å². The smallest absolute Gasteiger partial charge is 0.407 e.